The Balaban J connectivity index is 1.39. The van der Waals surface area contributed by atoms with Gasteiger partial charge in [-0.25, -0.2) is 9.59 Å². The Kier molecular flexibility index (Phi) is 10.1. The normalized spacial score (nSPS) is 15.8. The number of carbonyl (C=O) groups is 4. The molecule has 0 unspecified atom stereocenters. The summed E-state index contributed by atoms with van der Waals surface area (Å²) in [4.78, 5) is 51.0. The van der Waals surface area contributed by atoms with Crippen molar-refractivity contribution in [3.05, 3.63) is 77.9 Å². The standard InChI is InChI=1S/C27H31N3O6/c1-20(26(33)35-17-9-14-21-10-4-2-5-11-21)29-25(32)23-15-8-16-30(23)24(31)18-28-27(34)36-19-22-12-6-3-7-13-22/h2-7,9-14,20,23H,8,15-19H2,1H3,(H,28,34)(H,29,32)/b14-9+/t20-,23-/m0/s1. The van der Waals surface area contributed by atoms with Crippen molar-refractivity contribution in [3.63, 3.8) is 0 Å². The second kappa shape index (κ2) is 13.7. The first-order valence-electron chi connectivity index (χ1n) is 11.9. The molecule has 9 nitrogen and oxygen atoms in total. The van der Waals surface area contributed by atoms with Crippen molar-refractivity contribution in [2.75, 3.05) is 19.7 Å². The molecule has 0 bridgehead atoms. The van der Waals surface area contributed by atoms with Gasteiger partial charge in [-0.2, -0.15) is 0 Å². The number of esters is 1. The van der Waals surface area contributed by atoms with E-state index in [9.17, 15) is 19.2 Å². The Morgan fingerprint density at radius 2 is 1.72 bits per heavy atom. The van der Waals surface area contributed by atoms with E-state index >= 15 is 0 Å². The number of rotatable bonds is 10. The van der Waals surface area contributed by atoms with Gasteiger partial charge in [0.15, 0.2) is 0 Å². The second-order valence-electron chi connectivity index (χ2n) is 8.33. The van der Waals surface area contributed by atoms with E-state index in [0.29, 0.717) is 19.4 Å². The molecule has 1 aliphatic heterocycles. The molecular formula is C27H31N3O6. The SMILES string of the molecule is C[C@H](NC(=O)[C@@H]1CCCN1C(=O)CNC(=O)OCc1ccccc1)C(=O)OC/C=C/c1ccccc1. The number of hydrogen-bond acceptors (Lipinski definition) is 6. The molecule has 0 radical (unpaired) electrons. The molecule has 1 saturated heterocycles. The van der Waals surface area contributed by atoms with Gasteiger partial charge in [0.2, 0.25) is 11.8 Å². The quantitative estimate of drug-likeness (QED) is 0.492. The fraction of sp³-hybridized carbons (Fsp3) is 0.333. The largest absolute Gasteiger partial charge is 0.460 e. The lowest BCUT2D eigenvalue weighted by molar-refractivity contribution is -0.147. The van der Waals surface area contributed by atoms with Gasteiger partial charge in [0, 0.05) is 6.54 Å². The molecule has 0 saturated carbocycles. The number of benzene rings is 2. The predicted octanol–water partition coefficient (Wildman–Crippen LogP) is 2.67. The van der Waals surface area contributed by atoms with Crippen LogP contribution in [0.25, 0.3) is 6.08 Å². The molecule has 0 spiro atoms. The lowest BCUT2D eigenvalue weighted by Gasteiger charge is -2.25. The van der Waals surface area contributed by atoms with Crippen LogP contribution in [0.15, 0.2) is 66.7 Å². The summed E-state index contributed by atoms with van der Waals surface area (Å²) in [6.07, 6.45) is 3.95. The summed E-state index contributed by atoms with van der Waals surface area (Å²) in [7, 11) is 0. The van der Waals surface area contributed by atoms with E-state index in [1.54, 1.807) is 6.08 Å². The zero-order valence-electron chi connectivity index (χ0n) is 20.2. The van der Waals surface area contributed by atoms with Crippen molar-refractivity contribution in [2.45, 2.75) is 38.5 Å². The van der Waals surface area contributed by atoms with Crippen LogP contribution in [0.3, 0.4) is 0 Å². The minimum absolute atomic E-state index is 0.0774. The molecule has 1 aliphatic rings. The van der Waals surface area contributed by atoms with E-state index in [1.165, 1.54) is 11.8 Å². The Hall–Kier alpha value is -4.14. The maximum atomic E-state index is 12.7. The number of carbonyl (C=O) groups excluding carboxylic acids is 4. The van der Waals surface area contributed by atoms with Crippen molar-refractivity contribution in [1.82, 2.24) is 15.5 Å². The smallest absolute Gasteiger partial charge is 0.407 e. The van der Waals surface area contributed by atoms with Crippen molar-refractivity contribution < 1.29 is 28.7 Å². The average Bonchev–Trinajstić information content (AvgIpc) is 3.40. The van der Waals surface area contributed by atoms with Gasteiger partial charge >= 0.3 is 12.1 Å². The number of amides is 3. The van der Waals surface area contributed by atoms with Gasteiger partial charge in [-0.3, -0.25) is 9.59 Å². The summed E-state index contributed by atoms with van der Waals surface area (Å²) >= 11 is 0. The molecule has 0 aromatic heterocycles. The molecule has 2 aromatic carbocycles. The Bertz CT molecular complexity index is 1060. The number of alkyl carbamates (subject to hydrolysis) is 1. The number of nitrogens with one attached hydrogen (secondary N) is 2. The molecule has 2 N–H and O–H groups in total. The van der Waals surface area contributed by atoms with Gasteiger partial charge in [0.1, 0.15) is 31.8 Å². The van der Waals surface area contributed by atoms with Gasteiger partial charge in [0.05, 0.1) is 0 Å². The third-order valence-electron chi connectivity index (χ3n) is 5.62. The Labute approximate surface area is 210 Å². The summed E-state index contributed by atoms with van der Waals surface area (Å²) in [5.74, 6) is -1.40. The van der Waals surface area contributed by atoms with Crippen LogP contribution < -0.4 is 10.6 Å². The Morgan fingerprint density at radius 1 is 1.03 bits per heavy atom. The highest BCUT2D eigenvalue weighted by atomic mass is 16.5. The van der Waals surface area contributed by atoms with Crippen molar-refractivity contribution in [3.8, 4) is 0 Å². The maximum Gasteiger partial charge on any atom is 0.407 e. The lowest BCUT2D eigenvalue weighted by Crippen LogP contribution is -2.52. The molecule has 1 fully saturated rings. The topological polar surface area (TPSA) is 114 Å². The van der Waals surface area contributed by atoms with Crippen LogP contribution in [0.1, 0.15) is 30.9 Å². The van der Waals surface area contributed by atoms with Gasteiger partial charge < -0.3 is 25.0 Å². The summed E-state index contributed by atoms with van der Waals surface area (Å²) in [6, 6.07) is 17.2. The molecule has 2 aromatic rings. The molecular weight excluding hydrogens is 462 g/mol. The van der Waals surface area contributed by atoms with E-state index in [4.69, 9.17) is 9.47 Å². The molecule has 190 valence electrons. The van der Waals surface area contributed by atoms with E-state index in [2.05, 4.69) is 10.6 Å². The van der Waals surface area contributed by atoms with Crippen LogP contribution >= 0.6 is 0 Å². The van der Waals surface area contributed by atoms with Crippen molar-refractivity contribution in [2.24, 2.45) is 0 Å². The van der Waals surface area contributed by atoms with E-state index in [0.717, 1.165) is 11.1 Å². The van der Waals surface area contributed by atoms with Crippen LogP contribution in [-0.4, -0.2) is 60.6 Å². The number of nitrogens with zero attached hydrogens (tertiary/aromatic N) is 1. The highest BCUT2D eigenvalue weighted by Crippen LogP contribution is 2.17. The van der Waals surface area contributed by atoms with Crippen LogP contribution in [0.4, 0.5) is 4.79 Å². The fourth-order valence-electron chi connectivity index (χ4n) is 3.73. The lowest BCUT2D eigenvalue weighted by atomic mass is 10.2. The predicted molar refractivity (Wildman–Crippen MR) is 133 cm³/mol. The number of hydrogen-bond donors (Lipinski definition) is 2. The first-order valence-corrected chi connectivity index (χ1v) is 11.9. The van der Waals surface area contributed by atoms with Gasteiger partial charge in [-0.15, -0.1) is 0 Å². The zero-order chi connectivity index (χ0) is 25.8. The van der Waals surface area contributed by atoms with Gasteiger partial charge in [-0.1, -0.05) is 66.7 Å². The molecule has 3 amide bonds. The first kappa shape index (κ1) is 26.5. The minimum Gasteiger partial charge on any atom is -0.460 e. The van der Waals surface area contributed by atoms with Gasteiger partial charge in [0.25, 0.3) is 0 Å². The highest BCUT2D eigenvalue weighted by Gasteiger charge is 2.35. The summed E-state index contributed by atoms with van der Waals surface area (Å²) < 4.78 is 10.3. The summed E-state index contributed by atoms with van der Waals surface area (Å²) in [5.41, 5.74) is 1.81. The molecule has 3 rings (SSSR count). The Morgan fingerprint density at radius 3 is 2.44 bits per heavy atom. The molecule has 2 atom stereocenters. The van der Waals surface area contributed by atoms with Crippen LogP contribution in [0.2, 0.25) is 0 Å². The minimum atomic E-state index is -0.869. The second-order valence-corrected chi connectivity index (χ2v) is 8.33. The first-order chi connectivity index (χ1) is 17.4. The third-order valence-corrected chi connectivity index (χ3v) is 5.62. The van der Waals surface area contributed by atoms with Crippen molar-refractivity contribution >= 4 is 30.0 Å². The average molecular weight is 494 g/mol. The van der Waals surface area contributed by atoms with E-state index in [-0.39, 0.29) is 19.8 Å². The summed E-state index contributed by atoms with van der Waals surface area (Å²) in [6.45, 7) is 1.80. The maximum absolute atomic E-state index is 12.7. The molecule has 1 heterocycles. The fourth-order valence-corrected chi connectivity index (χ4v) is 3.73. The third kappa shape index (κ3) is 8.26. The summed E-state index contributed by atoms with van der Waals surface area (Å²) in [5, 5.41) is 5.05. The zero-order valence-corrected chi connectivity index (χ0v) is 20.2. The van der Waals surface area contributed by atoms with Gasteiger partial charge in [-0.05, 0) is 37.0 Å². The molecule has 36 heavy (non-hydrogen) atoms. The van der Waals surface area contributed by atoms with Crippen LogP contribution in [0.5, 0.6) is 0 Å². The molecule has 0 aliphatic carbocycles. The highest BCUT2D eigenvalue weighted by molar-refractivity contribution is 5.92. The molecule has 9 heteroatoms. The van der Waals surface area contributed by atoms with E-state index < -0.39 is 36.0 Å². The van der Waals surface area contributed by atoms with Crippen LogP contribution in [0, 0.1) is 0 Å². The number of ether oxygens (including phenoxy) is 2. The van der Waals surface area contributed by atoms with Crippen molar-refractivity contribution in [1.29, 1.82) is 0 Å². The van der Waals surface area contributed by atoms with Crippen LogP contribution in [-0.2, 0) is 30.5 Å². The van der Waals surface area contributed by atoms with E-state index in [1.807, 2.05) is 66.7 Å². The number of likely N-dealkylation sites (tertiary alicyclic amines) is 1. The monoisotopic (exact) mass is 493 g/mol.